The molecule has 0 bridgehead atoms. The smallest absolute Gasteiger partial charge is 0.341 e. The van der Waals surface area contributed by atoms with E-state index in [-0.39, 0.29) is 5.88 Å². The summed E-state index contributed by atoms with van der Waals surface area (Å²) < 4.78 is 4.46. The number of hydrogen-bond acceptors (Lipinski definition) is 4. The third kappa shape index (κ3) is 1.92. The molecular formula is C7H7ClN2O2. The number of halogens is 1. The van der Waals surface area contributed by atoms with Crippen LogP contribution in [0.1, 0.15) is 16.2 Å². The minimum Gasteiger partial charge on any atom is -0.465 e. The predicted octanol–water partition coefficient (Wildman–Crippen LogP) is 1.00. The number of methoxy groups -OCH3 is 1. The summed E-state index contributed by atoms with van der Waals surface area (Å²) in [4.78, 5) is 18.5. The molecule has 0 N–H and O–H groups in total. The SMILES string of the molecule is COC(=O)c1cnc(CCl)nc1. The van der Waals surface area contributed by atoms with E-state index in [1.54, 1.807) is 0 Å². The Balaban J connectivity index is 2.84. The second-order valence-corrected chi connectivity index (χ2v) is 2.28. The maximum absolute atomic E-state index is 10.9. The van der Waals surface area contributed by atoms with Crippen molar-refractivity contribution in [2.75, 3.05) is 7.11 Å². The lowest BCUT2D eigenvalue weighted by Gasteiger charge is -1.97. The van der Waals surface area contributed by atoms with Crippen molar-refractivity contribution in [3.8, 4) is 0 Å². The molecular weight excluding hydrogens is 180 g/mol. The van der Waals surface area contributed by atoms with Gasteiger partial charge in [-0.25, -0.2) is 14.8 Å². The van der Waals surface area contributed by atoms with Crippen molar-refractivity contribution < 1.29 is 9.53 Å². The van der Waals surface area contributed by atoms with Gasteiger partial charge in [-0.1, -0.05) is 0 Å². The number of aromatic nitrogens is 2. The Kier molecular flexibility index (Phi) is 2.99. The molecule has 1 aromatic heterocycles. The van der Waals surface area contributed by atoms with Crippen LogP contribution in [0.5, 0.6) is 0 Å². The van der Waals surface area contributed by atoms with Crippen LogP contribution in [0.2, 0.25) is 0 Å². The zero-order valence-corrected chi connectivity index (χ0v) is 7.21. The summed E-state index contributed by atoms with van der Waals surface area (Å²) in [5.41, 5.74) is 0.325. The quantitative estimate of drug-likeness (QED) is 0.511. The lowest BCUT2D eigenvalue weighted by molar-refractivity contribution is 0.0599. The first-order valence-corrected chi connectivity index (χ1v) is 3.76. The number of nitrogens with zero attached hydrogens (tertiary/aromatic N) is 2. The van der Waals surface area contributed by atoms with Gasteiger partial charge in [0.2, 0.25) is 0 Å². The molecule has 0 unspecified atom stereocenters. The van der Waals surface area contributed by atoms with Crippen LogP contribution in [0.3, 0.4) is 0 Å². The molecule has 64 valence electrons. The second-order valence-electron chi connectivity index (χ2n) is 2.01. The molecule has 0 saturated carbocycles. The number of alkyl halides is 1. The van der Waals surface area contributed by atoms with E-state index in [1.165, 1.54) is 19.5 Å². The van der Waals surface area contributed by atoms with Crippen molar-refractivity contribution in [1.82, 2.24) is 9.97 Å². The Bertz CT molecular complexity index is 273. The third-order valence-corrected chi connectivity index (χ3v) is 1.48. The Hall–Kier alpha value is -1.16. The molecule has 0 aliphatic rings. The number of esters is 1. The van der Waals surface area contributed by atoms with Gasteiger partial charge in [0.15, 0.2) is 0 Å². The summed E-state index contributed by atoms with van der Waals surface area (Å²) in [6.07, 6.45) is 2.77. The molecule has 0 spiro atoms. The molecule has 0 atom stereocenters. The van der Waals surface area contributed by atoms with E-state index in [0.717, 1.165) is 0 Å². The third-order valence-electron chi connectivity index (χ3n) is 1.25. The van der Waals surface area contributed by atoms with Crippen molar-refractivity contribution in [3.05, 3.63) is 23.8 Å². The summed E-state index contributed by atoms with van der Waals surface area (Å²) >= 11 is 5.45. The molecule has 0 aromatic carbocycles. The monoisotopic (exact) mass is 186 g/mol. The molecule has 1 heterocycles. The normalized spacial score (nSPS) is 9.50. The summed E-state index contributed by atoms with van der Waals surface area (Å²) in [6.45, 7) is 0. The fourth-order valence-electron chi connectivity index (χ4n) is 0.647. The van der Waals surface area contributed by atoms with Gasteiger partial charge < -0.3 is 4.74 Å². The summed E-state index contributed by atoms with van der Waals surface area (Å²) in [5.74, 6) is 0.280. The predicted molar refractivity (Wildman–Crippen MR) is 42.9 cm³/mol. The minimum absolute atomic E-state index is 0.238. The molecule has 0 fully saturated rings. The van der Waals surface area contributed by atoms with E-state index in [2.05, 4.69) is 14.7 Å². The van der Waals surface area contributed by atoms with Gasteiger partial charge in [0, 0.05) is 12.4 Å². The average Bonchev–Trinajstić information content (AvgIpc) is 2.17. The summed E-state index contributed by atoms with van der Waals surface area (Å²) in [7, 11) is 1.30. The van der Waals surface area contributed by atoms with Crippen LogP contribution in [0.4, 0.5) is 0 Å². The second kappa shape index (κ2) is 4.01. The lowest BCUT2D eigenvalue weighted by Crippen LogP contribution is -2.03. The zero-order chi connectivity index (χ0) is 8.97. The van der Waals surface area contributed by atoms with E-state index in [1.807, 2.05) is 0 Å². The van der Waals surface area contributed by atoms with E-state index >= 15 is 0 Å². The first kappa shape index (κ1) is 8.93. The Labute approximate surface area is 74.5 Å². The highest BCUT2D eigenvalue weighted by molar-refractivity contribution is 6.16. The van der Waals surface area contributed by atoms with Crippen LogP contribution in [0.15, 0.2) is 12.4 Å². The lowest BCUT2D eigenvalue weighted by atomic mass is 10.3. The summed E-state index contributed by atoms with van der Waals surface area (Å²) in [6, 6.07) is 0. The average molecular weight is 187 g/mol. The van der Waals surface area contributed by atoms with E-state index < -0.39 is 5.97 Å². The molecule has 12 heavy (non-hydrogen) atoms. The van der Waals surface area contributed by atoms with Crippen molar-refractivity contribution >= 4 is 17.6 Å². The highest BCUT2D eigenvalue weighted by Gasteiger charge is 2.05. The van der Waals surface area contributed by atoms with Gasteiger partial charge in [0.25, 0.3) is 0 Å². The van der Waals surface area contributed by atoms with Gasteiger partial charge in [-0.2, -0.15) is 0 Å². The number of hydrogen-bond donors (Lipinski definition) is 0. The Morgan fingerprint density at radius 3 is 2.58 bits per heavy atom. The Morgan fingerprint density at radius 2 is 2.17 bits per heavy atom. The molecule has 0 saturated heterocycles. The van der Waals surface area contributed by atoms with Crippen LogP contribution in [-0.4, -0.2) is 23.0 Å². The number of rotatable bonds is 2. The van der Waals surface area contributed by atoms with Crippen molar-refractivity contribution in [2.24, 2.45) is 0 Å². The minimum atomic E-state index is -0.448. The fraction of sp³-hybridized carbons (Fsp3) is 0.286. The van der Waals surface area contributed by atoms with Crippen LogP contribution < -0.4 is 0 Å². The van der Waals surface area contributed by atoms with Crippen molar-refractivity contribution in [2.45, 2.75) is 5.88 Å². The van der Waals surface area contributed by atoms with Crippen molar-refractivity contribution in [3.63, 3.8) is 0 Å². The van der Waals surface area contributed by atoms with Gasteiger partial charge in [-0.3, -0.25) is 0 Å². The van der Waals surface area contributed by atoms with E-state index in [4.69, 9.17) is 11.6 Å². The first-order chi connectivity index (χ1) is 5.77. The Morgan fingerprint density at radius 1 is 1.58 bits per heavy atom. The van der Waals surface area contributed by atoms with E-state index in [0.29, 0.717) is 11.4 Å². The number of carbonyl (C=O) groups is 1. The largest absolute Gasteiger partial charge is 0.465 e. The maximum atomic E-state index is 10.9. The first-order valence-electron chi connectivity index (χ1n) is 3.23. The number of ether oxygens (including phenoxy) is 1. The number of carbonyl (C=O) groups excluding carboxylic acids is 1. The molecule has 4 nitrogen and oxygen atoms in total. The van der Waals surface area contributed by atoms with Gasteiger partial charge >= 0.3 is 5.97 Å². The van der Waals surface area contributed by atoms with Gasteiger partial charge in [-0.15, -0.1) is 11.6 Å². The van der Waals surface area contributed by atoms with Crippen LogP contribution >= 0.6 is 11.6 Å². The fourth-order valence-corrected chi connectivity index (χ4v) is 0.785. The van der Waals surface area contributed by atoms with Crippen LogP contribution in [0, 0.1) is 0 Å². The van der Waals surface area contributed by atoms with Gasteiger partial charge in [0.05, 0.1) is 18.6 Å². The van der Waals surface area contributed by atoms with Crippen LogP contribution in [-0.2, 0) is 10.6 Å². The molecule has 0 aliphatic carbocycles. The maximum Gasteiger partial charge on any atom is 0.341 e. The topological polar surface area (TPSA) is 52.1 Å². The van der Waals surface area contributed by atoms with Gasteiger partial charge in [-0.05, 0) is 0 Å². The molecule has 5 heteroatoms. The van der Waals surface area contributed by atoms with Crippen LogP contribution in [0.25, 0.3) is 0 Å². The van der Waals surface area contributed by atoms with E-state index in [9.17, 15) is 4.79 Å². The molecule has 0 radical (unpaired) electrons. The molecule has 1 rings (SSSR count). The molecule has 0 aliphatic heterocycles. The molecule has 1 aromatic rings. The summed E-state index contributed by atoms with van der Waals surface area (Å²) in [5, 5.41) is 0. The highest BCUT2D eigenvalue weighted by atomic mass is 35.5. The zero-order valence-electron chi connectivity index (χ0n) is 6.45. The van der Waals surface area contributed by atoms with Crippen molar-refractivity contribution in [1.29, 1.82) is 0 Å². The highest BCUT2D eigenvalue weighted by Crippen LogP contribution is 1.99. The van der Waals surface area contributed by atoms with Gasteiger partial charge in [0.1, 0.15) is 5.82 Å². The standard InChI is InChI=1S/C7H7ClN2O2/c1-12-7(11)5-3-9-6(2-8)10-4-5/h3-4H,2H2,1H3. The molecule has 0 amide bonds.